The summed E-state index contributed by atoms with van der Waals surface area (Å²) in [6.45, 7) is -0.212. The van der Waals surface area contributed by atoms with Gasteiger partial charge in [-0.2, -0.15) is 0 Å². The number of aliphatic imine (C=N–C) groups is 1. The van der Waals surface area contributed by atoms with Crippen molar-refractivity contribution in [3.63, 3.8) is 0 Å². The van der Waals surface area contributed by atoms with Crippen LogP contribution in [0.3, 0.4) is 0 Å². The van der Waals surface area contributed by atoms with Crippen LogP contribution in [0.4, 0.5) is 11.4 Å². The molecule has 3 aromatic carbocycles. The standard InChI is InChI=1S/C25H22N4O4/c1-33-21(30)14-27-24(31)16-7-10-18(11-8-16)28-23(15-5-3-2-4-6-15)22-19-13-17(26)9-12-20(19)29-25(22)32/h2-13,29,32H,14,26H2,1H3,(H,27,31). The summed E-state index contributed by atoms with van der Waals surface area (Å²) in [5.41, 5.74) is 10.1. The third-order valence-corrected chi connectivity index (χ3v) is 5.08. The van der Waals surface area contributed by atoms with Crippen molar-refractivity contribution in [3.8, 4) is 5.88 Å². The summed E-state index contributed by atoms with van der Waals surface area (Å²) in [4.78, 5) is 31.2. The third kappa shape index (κ3) is 4.69. The fourth-order valence-corrected chi connectivity index (χ4v) is 3.44. The first-order chi connectivity index (χ1) is 16.0. The Kier molecular flexibility index (Phi) is 6.08. The number of hydrogen-bond acceptors (Lipinski definition) is 6. The maximum atomic E-state index is 12.2. The second-order valence-corrected chi connectivity index (χ2v) is 7.29. The summed E-state index contributed by atoms with van der Waals surface area (Å²) in [6, 6.07) is 21.4. The van der Waals surface area contributed by atoms with Gasteiger partial charge >= 0.3 is 5.97 Å². The molecule has 0 fully saturated rings. The highest BCUT2D eigenvalue weighted by atomic mass is 16.5. The summed E-state index contributed by atoms with van der Waals surface area (Å²) < 4.78 is 4.52. The topological polar surface area (TPSA) is 130 Å². The lowest BCUT2D eigenvalue weighted by Gasteiger charge is -2.09. The van der Waals surface area contributed by atoms with Crippen LogP contribution in [0.5, 0.6) is 5.88 Å². The maximum absolute atomic E-state index is 12.2. The van der Waals surface area contributed by atoms with Crippen molar-refractivity contribution in [1.29, 1.82) is 0 Å². The number of rotatable bonds is 6. The first-order valence-corrected chi connectivity index (χ1v) is 10.2. The quantitative estimate of drug-likeness (QED) is 0.206. The van der Waals surface area contributed by atoms with Gasteiger partial charge in [0.05, 0.1) is 24.1 Å². The molecule has 0 bridgehead atoms. The number of aromatic amines is 1. The van der Waals surface area contributed by atoms with Crippen LogP contribution in [0.2, 0.25) is 0 Å². The molecular weight excluding hydrogens is 420 g/mol. The molecule has 4 aromatic rings. The van der Waals surface area contributed by atoms with E-state index >= 15 is 0 Å². The van der Waals surface area contributed by atoms with Gasteiger partial charge in [-0.25, -0.2) is 4.99 Å². The summed E-state index contributed by atoms with van der Waals surface area (Å²) in [5, 5.41) is 13.9. The SMILES string of the molecule is COC(=O)CNC(=O)c1ccc(N=C(c2ccccc2)c2c(O)[nH]c3ccc(N)cc23)cc1. The van der Waals surface area contributed by atoms with Crippen molar-refractivity contribution in [3.05, 3.63) is 89.5 Å². The number of ether oxygens (including phenoxy) is 1. The van der Waals surface area contributed by atoms with Crippen molar-refractivity contribution in [2.24, 2.45) is 4.99 Å². The number of carbonyl (C=O) groups is 2. The number of nitrogens with two attached hydrogens (primary N) is 1. The number of esters is 1. The predicted octanol–water partition coefficient (Wildman–Crippen LogP) is 3.53. The van der Waals surface area contributed by atoms with Gasteiger partial charge in [0.25, 0.3) is 5.91 Å². The lowest BCUT2D eigenvalue weighted by Crippen LogP contribution is -2.30. The van der Waals surface area contributed by atoms with E-state index < -0.39 is 11.9 Å². The van der Waals surface area contributed by atoms with E-state index in [0.29, 0.717) is 28.2 Å². The number of nitrogens with zero attached hydrogens (tertiary/aromatic N) is 1. The number of nitrogens with one attached hydrogen (secondary N) is 2. The van der Waals surface area contributed by atoms with Crippen LogP contribution in [-0.2, 0) is 9.53 Å². The number of benzene rings is 3. The highest BCUT2D eigenvalue weighted by Crippen LogP contribution is 2.32. The Morgan fingerprint density at radius 3 is 2.45 bits per heavy atom. The molecule has 0 aliphatic heterocycles. The lowest BCUT2D eigenvalue weighted by molar-refractivity contribution is -0.139. The van der Waals surface area contributed by atoms with E-state index in [1.165, 1.54) is 7.11 Å². The number of methoxy groups -OCH3 is 1. The Bertz CT molecular complexity index is 1340. The summed E-state index contributed by atoms with van der Waals surface area (Å²) in [7, 11) is 1.26. The van der Waals surface area contributed by atoms with Crippen molar-refractivity contribution in [1.82, 2.24) is 10.3 Å². The van der Waals surface area contributed by atoms with Crippen LogP contribution in [-0.4, -0.2) is 41.3 Å². The zero-order valence-corrected chi connectivity index (χ0v) is 17.8. The van der Waals surface area contributed by atoms with Gasteiger partial charge in [-0.1, -0.05) is 30.3 Å². The molecule has 33 heavy (non-hydrogen) atoms. The Balaban J connectivity index is 1.74. The minimum Gasteiger partial charge on any atom is -0.494 e. The minimum absolute atomic E-state index is 0.0167. The second-order valence-electron chi connectivity index (χ2n) is 7.29. The molecule has 0 atom stereocenters. The fourth-order valence-electron chi connectivity index (χ4n) is 3.44. The smallest absolute Gasteiger partial charge is 0.325 e. The number of carbonyl (C=O) groups excluding carboxylic acids is 2. The van der Waals surface area contributed by atoms with Crippen LogP contribution in [0.15, 0.2) is 77.8 Å². The van der Waals surface area contributed by atoms with Gasteiger partial charge in [-0.05, 0) is 42.5 Å². The molecule has 0 aliphatic rings. The van der Waals surface area contributed by atoms with Crippen molar-refractivity contribution in [2.75, 3.05) is 19.4 Å². The molecule has 4 rings (SSSR count). The largest absolute Gasteiger partial charge is 0.494 e. The highest BCUT2D eigenvalue weighted by molar-refractivity contribution is 6.22. The number of H-pyrrole nitrogens is 1. The lowest BCUT2D eigenvalue weighted by atomic mass is 10.0. The van der Waals surface area contributed by atoms with Crippen LogP contribution >= 0.6 is 0 Å². The molecule has 5 N–H and O–H groups in total. The van der Waals surface area contributed by atoms with E-state index in [9.17, 15) is 14.7 Å². The summed E-state index contributed by atoms with van der Waals surface area (Å²) in [5.74, 6) is -0.947. The highest BCUT2D eigenvalue weighted by Gasteiger charge is 2.19. The van der Waals surface area contributed by atoms with E-state index in [0.717, 1.165) is 16.5 Å². The summed E-state index contributed by atoms with van der Waals surface area (Å²) >= 11 is 0. The summed E-state index contributed by atoms with van der Waals surface area (Å²) in [6.07, 6.45) is 0. The van der Waals surface area contributed by atoms with Gasteiger partial charge in [0.1, 0.15) is 6.54 Å². The number of nitrogen functional groups attached to an aromatic ring is 1. The number of aromatic nitrogens is 1. The van der Waals surface area contributed by atoms with E-state index in [-0.39, 0.29) is 12.4 Å². The number of amides is 1. The molecule has 0 spiro atoms. The number of anilines is 1. The van der Waals surface area contributed by atoms with E-state index in [1.54, 1.807) is 42.5 Å². The number of fused-ring (bicyclic) bond motifs is 1. The van der Waals surface area contributed by atoms with Crippen LogP contribution in [0.25, 0.3) is 10.9 Å². The van der Waals surface area contributed by atoms with Crippen molar-refractivity contribution < 1.29 is 19.4 Å². The first-order valence-electron chi connectivity index (χ1n) is 10.2. The molecule has 0 saturated heterocycles. The van der Waals surface area contributed by atoms with Crippen molar-refractivity contribution >= 4 is 39.9 Å². The average Bonchev–Trinajstić information content (AvgIpc) is 3.16. The van der Waals surface area contributed by atoms with E-state index in [2.05, 4.69) is 15.0 Å². The van der Waals surface area contributed by atoms with Gasteiger partial charge in [-0.15, -0.1) is 0 Å². The molecule has 1 aromatic heterocycles. The molecular formula is C25H22N4O4. The molecule has 0 aliphatic carbocycles. The first kappa shape index (κ1) is 21.6. The van der Waals surface area contributed by atoms with Gasteiger partial charge in [-0.3, -0.25) is 9.59 Å². The van der Waals surface area contributed by atoms with E-state index in [4.69, 9.17) is 10.7 Å². The Morgan fingerprint density at radius 2 is 1.76 bits per heavy atom. The normalized spacial score (nSPS) is 11.4. The predicted molar refractivity (Wildman–Crippen MR) is 127 cm³/mol. The Morgan fingerprint density at radius 1 is 1.03 bits per heavy atom. The molecule has 0 unspecified atom stereocenters. The van der Waals surface area contributed by atoms with Gasteiger partial charge in [0.15, 0.2) is 5.88 Å². The number of aromatic hydroxyl groups is 1. The van der Waals surface area contributed by atoms with Gasteiger partial charge in [0, 0.05) is 27.7 Å². The molecule has 0 saturated carbocycles. The van der Waals surface area contributed by atoms with Gasteiger partial charge < -0.3 is 25.9 Å². The van der Waals surface area contributed by atoms with E-state index in [1.807, 2.05) is 30.3 Å². The second kappa shape index (κ2) is 9.27. The molecule has 8 nitrogen and oxygen atoms in total. The molecule has 8 heteroatoms. The van der Waals surface area contributed by atoms with Crippen LogP contribution in [0, 0.1) is 0 Å². The Hall–Kier alpha value is -4.59. The average molecular weight is 442 g/mol. The fraction of sp³-hybridized carbons (Fsp3) is 0.0800. The molecule has 166 valence electrons. The third-order valence-electron chi connectivity index (χ3n) is 5.08. The molecule has 1 heterocycles. The molecule has 0 radical (unpaired) electrons. The monoisotopic (exact) mass is 442 g/mol. The van der Waals surface area contributed by atoms with Gasteiger partial charge in [0.2, 0.25) is 0 Å². The minimum atomic E-state index is -0.531. The number of hydrogen-bond donors (Lipinski definition) is 4. The molecule has 1 amide bonds. The zero-order chi connectivity index (χ0) is 23.4. The zero-order valence-electron chi connectivity index (χ0n) is 17.8. The van der Waals surface area contributed by atoms with Crippen LogP contribution in [0.1, 0.15) is 21.5 Å². The van der Waals surface area contributed by atoms with Crippen molar-refractivity contribution in [2.45, 2.75) is 0 Å². The van der Waals surface area contributed by atoms with Crippen LogP contribution < -0.4 is 11.1 Å². The maximum Gasteiger partial charge on any atom is 0.325 e. The Labute approximate surface area is 189 Å².